The number of carbonyl (C=O) groups excluding carboxylic acids is 1. The summed E-state index contributed by atoms with van der Waals surface area (Å²) in [5.74, 6) is 0.0494. The molecule has 0 radical (unpaired) electrons. The van der Waals surface area contributed by atoms with Gasteiger partial charge in [0.05, 0.1) is 0 Å². The van der Waals surface area contributed by atoms with E-state index in [1.807, 2.05) is 6.92 Å². The summed E-state index contributed by atoms with van der Waals surface area (Å²) in [6.07, 6.45) is 2.95. The van der Waals surface area contributed by atoms with Crippen LogP contribution in [-0.4, -0.2) is 34.9 Å². The molecule has 86 valence electrons. The minimum atomic E-state index is -0.253. The van der Waals surface area contributed by atoms with Crippen molar-refractivity contribution < 1.29 is 4.79 Å². The van der Waals surface area contributed by atoms with Crippen LogP contribution in [0.4, 0.5) is 0 Å². The maximum atomic E-state index is 12.0. The third-order valence-electron chi connectivity index (χ3n) is 3.01. The van der Waals surface area contributed by atoms with Crippen molar-refractivity contribution >= 4 is 5.91 Å². The summed E-state index contributed by atoms with van der Waals surface area (Å²) >= 11 is 0. The van der Waals surface area contributed by atoms with Crippen LogP contribution in [-0.2, 0) is 0 Å². The molecule has 5 nitrogen and oxygen atoms in total. The number of pyridine rings is 1. The lowest BCUT2D eigenvalue weighted by molar-refractivity contribution is 0.0785. The van der Waals surface area contributed by atoms with Gasteiger partial charge in [0.15, 0.2) is 5.43 Å². The number of aromatic nitrogens is 1. The van der Waals surface area contributed by atoms with E-state index in [0.29, 0.717) is 13.1 Å². The van der Waals surface area contributed by atoms with Crippen LogP contribution in [0.3, 0.4) is 0 Å². The van der Waals surface area contributed by atoms with E-state index >= 15 is 0 Å². The number of hydrogen-bond donors (Lipinski definition) is 2. The highest BCUT2D eigenvalue weighted by Gasteiger charge is 2.31. The van der Waals surface area contributed by atoms with Crippen molar-refractivity contribution in [2.75, 3.05) is 13.1 Å². The zero-order valence-electron chi connectivity index (χ0n) is 9.14. The van der Waals surface area contributed by atoms with E-state index in [-0.39, 0.29) is 28.9 Å². The summed E-state index contributed by atoms with van der Waals surface area (Å²) in [5, 5.41) is 0. The zero-order valence-corrected chi connectivity index (χ0v) is 9.14. The molecular weight excluding hydrogens is 206 g/mol. The van der Waals surface area contributed by atoms with Crippen LogP contribution in [0.15, 0.2) is 23.3 Å². The van der Waals surface area contributed by atoms with E-state index < -0.39 is 0 Å². The normalized spacial score (nSPS) is 24.8. The molecule has 2 rings (SSSR count). The number of H-pyrrole nitrogens is 1. The van der Waals surface area contributed by atoms with Gasteiger partial charge in [0, 0.05) is 37.6 Å². The standard InChI is InChI=1S/C11H15N3O2/c1-7-5-14(6-9(7)12)11(16)8-4-13-3-2-10(8)15/h2-4,7,9H,5-6,12H2,1H3,(H,13,15). The molecule has 5 heteroatoms. The van der Waals surface area contributed by atoms with Gasteiger partial charge in [-0.25, -0.2) is 0 Å². The fourth-order valence-corrected chi connectivity index (χ4v) is 1.91. The molecule has 1 amide bonds. The minimum absolute atomic E-state index is 0.00624. The second-order valence-electron chi connectivity index (χ2n) is 4.27. The second kappa shape index (κ2) is 4.09. The average Bonchev–Trinajstić information content (AvgIpc) is 2.59. The monoisotopic (exact) mass is 221 g/mol. The molecule has 0 aliphatic carbocycles. The van der Waals surface area contributed by atoms with Crippen molar-refractivity contribution in [1.29, 1.82) is 0 Å². The molecule has 1 aromatic rings. The van der Waals surface area contributed by atoms with Crippen LogP contribution >= 0.6 is 0 Å². The van der Waals surface area contributed by atoms with Crippen molar-refractivity contribution in [3.8, 4) is 0 Å². The van der Waals surface area contributed by atoms with Crippen molar-refractivity contribution in [3.05, 3.63) is 34.2 Å². The SMILES string of the molecule is CC1CN(C(=O)c2c[nH]ccc2=O)CC1N. The number of nitrogens with one attached hydrogen (secondary N) is 1. The van der Waals surface area contributed by atoms with Crippen LogP contribution in [0.25, 0.3) is 0 Å². The summed E-state index contributed by atoms with van der Waals surface area (Å²) in [7, 11) is 0. The van der Waals surface area contributed by atoms with Gasteiger partial charge in [0.25, 0.3) is 5.91 Å². The Kier molecular flexibility index (Phi) is 2.78. The third-order valence-corrected chi connectivity index (χ3v) is 3.01. The topological polar surface area (TPSA) is 79.2 Å². The lowest BCUT2D eigenvalue weighted by Gasteiger charge is -2.14. The van der Waals surface area contributed by atoms with Crippen molar-refractivity contribution in [3.63, 3.8) is 0 Å². The maximum absolute atomic E-state index is 12.0. The van der Waals surface area contributed by atoms with Gasteiger partial charge in [0.2, 0.25) is 0 Å². The first kappa shape index (κ1) is 10.9. The number of likely N-dealkylation sites (tertiary alicyclic amines) is 1. The Morgan fingerprint density at radius 1 is 1.56 bits per heavy atom. The fourth-order valence-electron chi connectivity index (χ4n) is 1.91. The number of carbonyl (C=O) groups is 1. The van der Waals surface area contributed by atoms with Crippen LogP contribution in [0.5, 0.6) is 0 Å². The van der Waals surface area contributed by atoms with Crippen molar-refractivity contribution in [2.24, 2.45) is 11.7 Å². The van der Waals surface area contributed by atoms with Crippen LogP contribution in [0, 0.1) is 5.92 Å². The average molecular weight is 221 g/mol. The van der Waals surface area contributed by atoms with E-state index in [1.54, 1.807) is 4.90 Å². The van der Waals surface area contributed by atoms with E-state index in [2.05, 4.69) is 4.98 Å². The molecule has 2 heterocycles. The van der Waals surface area contributed by atoms with Gasteiger partial charge < -0.3 is 15.6 Å². The first-order valence-corrected chi connectivity index (χ1v) is 5.31. The molecule has 1 saturated heterocycles. The molecule has 1 fully saturated rings. The molecule has 2 unspecified atom stereocenters. The summed E-state index contributed by atoms with van der Waals surface area (Å²) in [4.78, 5) is 27.9. The van der Waals surface area contributed by atoms with Gasteiger partial charge in [-0.1, -0.05) is 6.92 Å². The Bertz CT molecular complexity index is 445. The Balaban J connectivity index is 2.21. The van der Waals surface area contributed by atoms with Crippen LogP contribution in [0.1, 0.15) is 17.3 Å². The molecule has 16 heavy (non-hydrogen) atoms. The number of amides is 1. The maximum Gasteiger partial charge on any atom is 0.259 e. The molecule has 0 spiro atoms. The molecular formula is C11H15N3O2. The summed E-state index contributed by atoms with van der Waals surface area (Å²) in [6.45, 7) is 3.15. The summed E-state index contributed by atoms with van der Waals surface area (Å²) in [5.41, 5.74) is 5.77. The highest BCUT2D eigenvalue weighted by Crippen LogP contribution is 2.15. The Labute approximate surface area is 93.3 Å². The van der Waals surface area contributed by atoms with E-state index in [4.69, 9.17) is 5.73 Å². The van der Waals surface area contributed by atoms with Gasteiger partial charge in [0.1, 0.15) is 5.56 Å². The van der Waals surface area contributed by atoms with E-state index in [1.165, 1.54) is 18.5 Å². The molecule has 3 N–H and O–H groups in total. The number of rotatable bonds is 1. The zero-order chi connectivity index (χ0) is 11.7. The van der Waals surface area contributed by atoms with Gasteiger partial charge >= 0.3 is 0 Å². The largest absolute Gasteiger partial charge is 0.367 e. The van der Waals surface area contributed by atoms with Crippen molar-refractivity contribution in [2.45, 2.75) is 13.0 Å². The number of hydrogen-bond acceptors (Lipinski definition) is 3. The fraction of sp³-hybridized carbons (Fsp3) is 0.455. The number of nitrogens with zero attached hydrogens (tertiary/aromatic N) is 1. The Morgan fingerprint density at radius 2 is 2.31 bits per heavy atom. The van der Waals surface area contributed by atoms with Gasteiger partial charge in [-0.3, -0.25) is 9.59 Å². The Hall–Kier alpha value is -1.62. The lowest BCUT2D eigenvalue weighted by atomic mass is 10.1. The smallest absolute Gasteiger partial charge is 0.259 e. The number of aromatic amines is 1. The van der Waals surface area contributed by atoms with E-state index in [0.717, 1.165) is 0 Å². The van der Waals surface area contributed by atoms with Gasteiger partial charge in [-0.15, -0.1) is 0 Å². The molecule has 1 aliphatic heterocycles. The highest BCUT2D eigenvalue weighted by molar-refractivity contribution is 5.94. The summed E-state index contributed by atoms with van der Waals surface area (Å²) < 4.78 is 0. The first-order chi connectivity index (χ1) is 7.59. The molecule has 1 aliphatic rings. The van der Waals surface area contributed by atoms with Crippen molar-refractivity contribution in [1.82, 2.24) is 9.88 Å². The highest BCUT2D eigenvalue weighted by atomic mass is 16.2. The Morgan fingerprint density at radius 3 is 2.88 bits per heavy atom. The van der Waals surface area contributed by atoms with Crippen LogP contribution < -0.4 is 11.2 Å². The minimum Gasteiger partial charge on any atom is -0.367 e. The third kappa shape index (κ3) is 1.86. The predicted octanol–water partition coefficient (Wildman–Crippen LogP) is -0.206. The molecule has 0 bridgehead atoms. The van der Waals surface area contributed by atoms with Gasteiger partial charge in [-0.05, 0) is 5.92 Å². The first-order valence-electron chi connectivity index (χ1n) is 5.31. The van der Waals surface area contributed by atoms with Gasteiger partial charge in [-0.2, -0.15) is 0 Å². The molecule has 1 aromatic heterocycles. The number of nitrogens with two attached hydrogens (primary N) is 1. The van der Waals surface area contributed by atoms with Crippen LogP contribution in [0.2, 0.25) is 0 Å². The second-order valence-corrected chi connectivity index (χ2v) is 4.27. The van der Waals surface area contributed by atoms with E-state index in [9.17, 15) is 9.59 Å². The molecule has 2 atom stereocenters. The molecule has 0 aromatic carbocycles. The molecule has 0 saturated carbocycles. The lowest BCUT2D eigenvalue weighted by Crippen LogP contribution is -2.34. The predicted molar refractivity (Wildman–Crippen MR) is 60.1 cm³/mol. The quantitative estimate of drug-likeness (QED) is 0.689. The summed E-state index contributed by atoms with van der Waals surface area (Å²) in [6, 6.07) is 1.36.